The van der Waals surface area contributed by atoms with Crippen molar-refractivity contribution in [1.29, 1.82) is 0 Å². The van der Waals surface area contributed by atoms with E-state index in [-0.39, 0.29) is 28.0 Å². The first-order valence-electron chi connectivity index (χ1n) is 13.7. The van der Waals surface area contributed by atoms with Crippen LogP contribution in [0, 0.1) is 6.92 Å². The molecule has 0 unspecified atom stereocenters. The predicted octanol–water partition coefficient (Wildman–Crippen LogP) is 3.51. The molecule has 1 amide bonds. The highest BCUT2D eigenvalue weighted by molar-refractivity contribution is 7.89. The summed E-state index contributed by atoms with van der Waals surface area (Å²) in [5.74, 6) is -0.205. The van der Waals surface area contributed by atoms with E-state index in [2.05, 4.69) is 20.2 Å². The zero-order chi connectivity index (χ0) is 31.1. The van der Waals surface area contributed by atoms with Gasteiger partial charge in [0, 0.05) is 37.3 Å². The molecular formula is C29H33ClN8O4S. The fourth-order valence-corrected chi connectivity index (χ4v) is 6.05. The van der Waals surface area contributed by atoms with Crippen LogP contribution < -0.4 is 26.2 Å². The number of nitrogen functional groups attached to an aromatic ring is 1. The van der Waals surface area contributed by atoms with Gasteiger partial charge in [-0.1, -0.05) is 17.7 Å². The Bertz CT molecular complexity index is 1880. The maximum atomic E-state index is 13.7. The van der Waals surface area contributed by atoms with Gasteiger partial charge in [-0.2, -0.15) is 0 Å². The average molecular weight is 625 g/mol. The number of nitrogens with zero attached hydrogens (tertiary/aromatic N) is 5. The molecule has 1 aromatic carbocycles. The van der Waals surface area contributed by atoms with Gasteiger partial charge in [0.2, 0.25) is 16.0 Å². The first-order valence-corrected chi connectivity index (χ1v) is 16.0. The summed E-state index contributed by atoms with van der Waals surface area (Å²) in [5, 5.41) is 3.74. The second kappa shape index (κ2) is 11.8. The van der Waals surface area contributed by atoms with Crippen LogP contribution in [0.1, 0.15) is 59.0 Å². The highest BCUT2D eigenvalue weighted by atomic mass is 35.5. The van der Waals surface area contributed by atoms with Crippen molar-refractivity contribution in [2.75, 3.05) is 35.3 Å². The number of hydrogen-bond acceptors (Lipinski definition) is 10. The number of anilines is 3. The molecule has 4 N–H and O–H groups in total. The summed E-state index contributed by atoms with van der Waals surface area (Å²) in [6.45, 7) is 5.14. The van der Waals surface area contributed by atoms with Gasteiger partial charge in [-0.25, -0.2) is 23.1 Å². The van der Waals surface area contributed by atoms with Crippen molar-refractivity contribution in [2.24, 2.45) is 7.05 Å². The molecule has 0 radical (unpaired) electrons. The summed E-state index contributed by atoms with van der Waals surface area (Å²) in [6.07, 6.45) is 4.41. The molecule has 14 heteroatoms. The van der Waals surface area contributed by atoms with Gasteiger partial charge in [0.25, 0.3) is 11.5 Å². The van der Waals surface area contributed by atoms with E-state index in [0.29, 0.717) is 29.1 Å². The Morgan fingerprint density at radius 1 is 1.19 bits per heavy atom. The number of benzene rings is 1. The van der Waals surface area contributed by atoms with Crippen LogP contribution in [0.3, 0.4) is 0 Å². The number of piperidine rings is 1. The Kier molecular flexibility index (Phi) is 8.30. The molecule has 1 aliphatic heterocycles. The Morgan fingerprint density at radius 3 is 2.65 bits per heavy atom. The van der Waals surface area contributed by atoms with Crippen molar-refractivity contribution >= 4 is 55.8 Å². The standard InChI is InChI=1S/C29H33ClN8O4S/c1-16-12-20(17(2)33-23-9-10-24(30)34-26(23)27(39)36-43(4,41)42)25-21(13-16)28(40)37(3)29(35-25)38-11-5-6-18(15-38)22-8-7-19(31)14-32-22/h7-10,12-14,17-18,33H,5-6,11,15,31H2,1-4H3,(H,36,39)/t17-,18+/m1/s1. The van der Waals surface area contributed by atoms with E-state index in [9.17, 15) is 18.0 Å². The zero-order valence-corrected chi connectivity index (χ0v) is 25.8. The maximum absolute atomic E-state index is 13.7. The van der Waals surface area contributed by atoms with Gasteiger partial charge >= 0.3 is 0 Å². The lowest BCUT2D eigenvalue weighted by Crippen LogP contribution is -2.39. The smallest absolute Gasteiger partial charge is 0.285 e. The van der Waals surface area contributed by atoms with Crippen LogP contribution in [-0.2, 0) is 17.1 Å². The molecule has 1 fully saturated rings. The van der Waals surface area contributed by atoms with Crippen LogP contribution in [0.25, 0.3) is 10.9 Å². The molecule has 4 aromatic rings. The number of amides is 1. The number of nitrogens with two attached hydrogens (primary N) is 1. The van der Waals surface area contributed by atoms with Crippen molar-refractivity contribution in [3.05, 3.63) is 80.6 Å². The minimum atomic E-state index is -3.84. The fourth-order valence-electron chi connectivity index (χ4n) is 5.47. The third-order valence-corrected chi connectivity index (χ3v) is 8.22. The van der Waals surface area contributed by atoms with Gasteiger partial charge in [-0.05, 0) is 62.6 Å². The third-order valence-electron chi connectivity index (χ3n) is 7.46. The monoisotopic (exact) mass is 624 g/mol. The molecule has 1 aliphatic rings. The number of nitrogens with one attached hydrogen (secondary N) is 2. The lowest BCUT2D eigenvalue weighted by Gasteiger charge is -2.34. The van der Waals surface area contributed by atoms with E-state index in [1.54, 1.807) is 23.9 Å². The van der Waals surface area contributed by atoms with Crippen molar-refractivity contribution in [3.63, 3.8) is 0 Å². The van der Waals surface area contributed by atoms with Crippen molar-refractivity contribution in [2.45, 2.75) is 38.6 Å². The number of pyridine rings is 2. The minimum Gasteiger partial charge on any atom is -0.397 e. The van der Waals surface area contributed by atoms with E-state index in [0.717, 1.165) is 42.5 Å². The molecule has 12 nitrogen and oxygen atoms in total. The quantitative estimate of drug-likeness (QED) is 0.259. The van der Waals surface area contributed by atoms with E-state index in [1.807, 2.05) is 42.8 Å². The fraction of sp³-hybridized carbons (Fsp3) is 0.345. The Morgan fingerprint density at radius 2 is 1.95 bits per heavy atom. The number of rotatable bonds is 7. The van der Waals surface area contributed by atoms with Gasteiger partial charge in [0.15, 0.2) is 5.69 Å². The van der Waals surface area contributed by atoms with Crippen LogP contribution in [-0.4, -0.2) is 53.2 Å². The van der Waals surface area contributed by atoms with Gasteiger partial charge in [-0.15, -0.1) is 0 Å². The van der Waals surface area contributed by atoms with Crippen molar-refractivity contribution in [1.82, 2.24) is 24.2 Å². The number of aryl methyl sites for hydroxylation is 1. The average Bonchev–Trinajstić information content (AvgIpc) is 2.95. The number of fused-ring (bicyclic) bond motifs is 1. The van der Waals surface area contributed by atoms with Crippen LogP contribution in [0.2, 0.25) is 5.15 Å². The summed E-state index contributed by atoms with van der Waals surface area (Å²) >= 11 is 6.03. The summed E-state index contributed by atoms with van der Waals surface area (Å²) in [7, 11) is -2.11. The Hall–Kier alpha value is -4.23. The lowest BCUT2D eigenvalue weighted by molar-refractivity contribution is 0.0977. The van der Waals surface area contributed by atoms with Gasteiger partial charge in [-0.3, -0.25) is 19.1 Å². The third kappa shape index (κ3) is 6.57. The highest BCUT2D eigenvalue weighted by Crippen LogP contribution is 2.32. The van der Waals surface area contributed by atoms with E-state index in [1.165, 1.54) is 6.07 Å². The van der Waals surface area contributed by atoms with E-state index < -0.39 is 22.0 Å². The molecule has 0 saturated carbocycles. The largest absolute Gasteiger partial charge is 0.397 e. The summed E-state index contributed by atoms with van der Waals surface area (Å²) in [6, 6.07) is 10.1. The summed E-state index contributed by atoms with van der Waals surface area (Å²) < 4.78 is 26.9. The normalized spacial score (nSPS) is 16.2. The predicted molar refractivity (Wildman–Crippen MR) is 168 cm³/mol. The Labute approximate surface area is 254 Å². The number of halogens is 1. The van der Waals surface area contributed by atoms with E-state index >= 15 is 0 Å². The molecule has 5 rings (SSSR count). The van der Waals surface area contributed by atoms with Crippen LogP contribution in [0.5, 0.6) is 0 Å². The van der Waals surface area contributed by atoms with E-state index in [4.69, 9.17) is 22.3 Å². The topological polar surface area (TPSA) is 165 Å². The molecule has 2 atom stereocenters. The maximum Gasteiger partial charge on any atom is 0.285 e. The molecule has 3 aromatic heterocycles. The number of sulfonamides is 1. The molecule has 0 bridgehead atoms. The van der Waals surface area contributed by atoms with Gasteiger partial charge in [0.05, 0.1) is 40.8 Å². The SMILES string of the molecule is Cc1cc([C@@H](C)Nc2ccc(Cl)nc2C(=O)NS(C)(=O)=O)c2nc(N3CCC[C@H](c4ccc(N)cn4)C3)n(C)c(=O)c2c1. The Balaban J connectivity index is 1.53. The second-order valence-corrected chi connectivity index (χ2v) is 13.1. The summed E-state index contributed by atoms with van der Waals surface area (Å²) in [4.78, 5) is 42.2. The zero-order valence-electron chi connectivity index (χ0n) is 24.3. The van der Waals surface area contributed by atoms with Crippen molar-refractivity contribution in [3.8, 4) is 0 Å². The molecule has 226 valence electrons. The minimum absolute atomic E-state index is 0.0293. The molecule has 0 spiro atoms. The van der Waals surface area contributed by atoms with Crippen LogP contribution in [0.4, 0.5) is 17.3 Å². The molecule has 1 saturated heterocycles. The van der Waals surface area contributed by atoms with Crippen molar-refractivity contribution < 1.29 is 13.2 Å². The second-order valence-electron chi connectivity index (χ2n) is 10.9. The number of aromatic nitrogens is 4. The highest BCUT2D eigenvalue weighted by Gasteiger charge is 2.27. The number of carbonyl (C=O) groups excluding carboxylic acids is 1. The summed E-state index contributed by atoms with van der Waals surface area (Å²) in [5.41, 5.74) is 9.43. The lowest BCUT2D eigenvalue weighted by atomic mass is 9.94. The van der Waals surface area contributed by atoms with Gasteiger partial charge in [0.1, 0.15) is 5.15 Å². The molecule has 43 heavy (non-hydrogen) atoms. The number of hydrogen-bond donors (Lipinski definition) is 3. The van der Waals surface area contributed by atoms with Crippen LogP contribution >= 0.6 is 11.6 Å². The number of carbonyl (C=O) groups is 1. The first kappa shape index (κ1) is 30.2. The van der Waals surface area contributed by atoms with Crippen LogP contribution in [0.15, 0.2) is 47.4 Å². The van der Waals surface area contributed by atoms with Gasteiger partial charge < -0.3 is 16.0 Å². The molecule has 4 heterocycles. The molecular weight excluding hydrogens is 592 g/mol. The molecule has 0 aliphatic carbocycles. The first-order chi connectivity index (χ1) is 20.3.